The molecule has 1 heterocycles. The molecule has 0 fully saturated rings. The summed E-state index contributed by atoms with van der Waals surface area (Å²) in [7, 11) is 1.30. The van der Waals surface area contributed by atoms with Crippen LogP contribution in [-0.4, -0.2) is 28.5 Å². The quantitative estimate of drug-likeness (QED) is 0.381. The molecule has 8 nitrogen and oxygen atoms in total. The zero-order valence-electron chi connectivity index (χ0n) is 14.3. The number of nitro benzene ring substituents is 1. The average Bonchev–Trinajstić information content (AvgIpc) is 2.99. The van der Waals surface area contributed by atoms with E-state index in [1.165, 1.54) is 42.7 Å². The van der Waals surface area contributed by atoms with Crippen LogP contribution in [0, 0.1) is 10.1 Å². The summed E-state index contributed by atoms with van der Waals surface area (Å²) in [4.78, 5) is 38.8. The number of methoxy groups -OCH3 is 1. The number of ether oxygens (including phenoxy) is 1. The van der Waals surface area contributed by atoms with Crippen molar-refractivity contribution in [2.75, 3.05) is 7.11 Å². The fourth-order valence-corrected chi connectivity index (χ4v) is 3.56. The minimum atomic E-state index is -0.497. The zero-order valence-corrected chi connectivity index (χ0v) is 15.1. The first-order chi connectivity index (χ1) is 13.0. The fraction of sp³-hybridized carbons (Fsp3) is 0.167. The molecule has 0 unspecified atom stereocenters. The van der Waals surface area contributed by atoms with Crippen LogP contribution in [-0.2, 0) is 27.3 Å². The third kappa shape index (κ3) is 4.26. The van der Waals surface area contributed by atoms with Crippen LogP contribution < -0.4 is 4.80 Å². The largest absolute Gasteiger partial charge is 0.468 e. The first-order valence-electron chi connectivity index (χ1n) is 7.94. The Kier molecular flexibility index (Phi) is 5.41. The number of para-hydroxylation sites is 1. The number of carbonyl (C=O) groups is 2. The average molecular weight is 385 g/mol. The summed E-state index contributed by atoms with van der Waals surface area (Å²) in [6, 6.07) is 13.2. The van der Waals surface area contributed by atoms with E-state index in [0.717, 1.165) is 10.2 Å². The SMILES string of the molecule is COC(=O)Cn1c(=NC(=O)Cc2ccc([N+](=O)[O-])cc2)sc2ccccc21. The third-order valence-corrected chi connectivity index (χ3v) is 4.89. The highest BCUT2D eigenvalue weighted by atomic mass is 32.1. The van der Waals surface area contributed by atoms with Crippen LogP contribution in [0.4, 0.5) is 5.69 Å². The summed E-state index contributed by atoms with van der Waals surface area (Å²) in [5, 5.41) is 10.7. The number of benzene rings is 2. The summed E-state index contributed by atoms with van der Waals surface area (Å²) in [5.74, 6) is -0.850. The number of hydrogen-bond donors (Lipinski definition) is 0. The Hall–Kier alpha value is -3.33. The number of hydrogen-bond acceptors (Lipinski definition) is 6. The van der Waals surface area contributed by atoms with Gasteiger partial charge in [0.05, 0.1) is 28.7 Å². The highest BCUT2D eigenvalue weighted by Crippen LogP contribution is 2.17. The van der Waals surface area contributed by atoms with E-state index in [0.29, 0.717) is 10.4 Å². The van der Waals surface area contributed by atoms with E-state index < -0.39 is 16.8 Å². The van der Waals surface area contributed by atoms with Crippen LogP contribution in [0.3, 0.4) is 0 Å². The van der Waals surface area contributed by atoms with Gasteiger partial charge in [-0.05, 0) is 17.7 Å². The predicted octanol–water partition coefficient (Wildman–Crippen LogP) is 2.45. The maximum Gasteiger partial charge on any atom is 0.325 e. The van der Waals surface area contributed by atoms with Gasteiger partial charge in [-0.3, -0.25) is 19.7 Å². The Morgan fingerprint density at radius 1 is 1.19 bits per heavy atom. The molecule has 0 aliphatic heterocycles. The number of nitrogens with zero attached hydrogens (tertiary/aromatic N) is 3. The van der Waals surface area contributed by atoms with Crippen molar-refractivity contribution in [1.82, 2.24) is 4.57 Å². The van der Waals surface area contributed by atoms with Gasteiger partial charge >= 0.3 is 5.97 Å². The second-order valence-corrected chi connectivity index (χ2v) is 6.63. The lowest BCUT2D eigenvalue weighted by atomic mass is 10.1. The van der Waals surface area contributed by atoms with Crippen LogP contribution in [0.2, 0.25) is 0 Å². The molecular weight excluding hydrogens is 370 g/mol. The maximum atomic E-state index is 12.4. The molecule has 0 saturated heterocycles. The Morgan fingerprint density at radius 2 is 1.89 bits per heavy atom. The van der Waals surface area contributed by atoms with Crippen LogP contribution in [0.15, 0.2) is 53.5 Å². The first-order valence-corrected chi connectivity index (χ1v) is 8.75. The van der Waals surface area contributed by atoms with E-state index in [4.69, 9.17) is 4.74 Å². The molecule has 0 radical (unpaired) electrons. The van der Waals surface area contributed by atoms with Gasteiger partial charge in [0.1, 0.15) is 6.54 Å². The molecule has 0 atom stereocenters. The van der Waals surface area contributed by atoms with Gasteiger partial charge in [0.25, 0.3) is 11.6 Å². The highest BCUT2D eigenvalue weighted by Gasteiger charge is 2.12. The molecular formula is C18H15N3O5S. The summed E-state index contributed by atoms with van der Waals surface area (Å²) < 4.78 is 7.25. The van der Waals surface area contributed by atoms with E-state index in [1.807, 2.05) is 24.3 Å². The fourth-order valence-electron chi connectivity index (χ4n) is 2.51. The van der Waals surface area contributed by atoms with Gasteiger partial charge in [-0.1, -0.05) is 35.6 Å². The minimum Gasteiger partial charge on any atom is -0.468 e. The molecule has 0 spiro atoms. The summed E-state index contributed by atoms with van der Waals surface area (Å²) >= 11 is 1.30. The number of carbonyl (C=O) groups excluding carboxylic acids is 2. The van der Waals surface area contributed by atoms with Gasteiger partial charge in [0.15, 0.2) is 4.80 Å². The maximum absolute atomic E-state index is 12.4. The molecule has 0 N–H and O–H groups in total. The number of non-ortho nitro benzene ring substituents is 1. The van der Waals surface area contributed by atoms with Crippen molar-refractivity contribution in [1.29, 1.82) is 0 Å². The predicted molar refractivity (Wildman–Crippen MR) is 99.2 cm³/mol. The van der Waals surface area contributed by atoms with Crippen molar-refractivity contribution in [2.24, 2.45) is 4.99 Å². The van der Waals surface area contributed by atoms with Crippen LogP contribution in [0.25, 0.3) is 10.2 Å². The van der Waals surface area contributed by atoms with Crippen molar-refractivity contribution >= 4 is 39.1 Å². The van der Waals surface area contributed by atoms with Gasteiger partial charge in [-0.2, -0.15) is 4.99 Å². The number of esters is 1. The highest BCUT2D eigenvalue weighted by molar-refractivity contribution is 7.16. The standard InChI is InChI=1S/C18H15N3O5S/c1-26-17(23)11-20-14-4-2-3-5-15(14)27-18(20)19-16(22)10-12-6-8-13(9-7-12)21(24)25/h2-9H,10-11H2,1H3. The van der Waals surface area contributed by atoms with Crippen molar-refractivity contribution in [2.45, 2.75) is 13.0 Å². The summed E-state index contributed by atoms with van der Waals surface area (Å²) in [5.41, 5.74) is 1.37. The Labute approximate surface area is 157 Å². The molecule has 3 rings (SSSR count). The second-order valence-electron chi connectivity index (χ2n) is 5.62. The molecule has 1 amide bonds. The normalized spacial score (nSPS) is 11.5. The van der Waals surface area contributed by atoms with Gasteiger partial charge in [0.2, 0.25) is 0 Å². The molecule has 0 aliphatic rings. The van der Waals surface area contributed by atoms with Crippen molar-refractivity contribution in [3.63, 3.8) is 0 Å². The molecule has 2 aromatic carbocycles. The number of thiazole rings is 1. The molecule has 0 aliphatic carbocycles. The number of rotatable bonds is 5. The summed E-state index contributed by atoms with van der Waals surface area (Å²) in [6.07, 6.45) is 0.00443. The van der Waals surface area contributed by atoms with Crippen LogP contribution >= 0.6 is 11.3 Å². The summed E-state index contributed by atoms with van der Waals surface area (Å²) in [6.45, 7) is -0.0514. The topological polar surface area (TPSA) is 104 Å². The molecule has 0 bridgehead atoms. The lowest BCUT2D eigenvalue weighted by Gasteiger charge is -2.03. The monoisotopic (exact) mass is 385 g/mol. The van der Waals surface area contributed by atoms with E-state index in [1.54, 1.807) is 4.57 Å². The first kappa shape index (κ1) is 18.5. The van der Waals surface area contributed by atoms with Gasteiger partial charge in [-0.15, -0.1) is 0 Å². The van der Waals surface area contributed by atoms with E-state index in [9.17, 15) is 19.7 Å². The van der Waals surface area contributed by atoms with Crippen LogP contribution in [0.5, 0.6) is 0 Å². The van der Waals surface area contributed by atoms with E-state index in [-0.39, 0.29) is 18.7 Å². The Morgan fingerprint density at radius 3 is 2.56 bits per heavy atom. The lowest BCUT2D eigenvalue weighted by molar-refractivity contribution is -0.384. The minimum absolute atomic E-state index is 0.00443. The Bertz CT molecular complexity index is 1080. The van der Waals surface area contributed by atoms with E-state index in [2.05, 4.69) is 4.99 Å². The molecule has 138 valence electrons. The zero-order chi connectivity index (χ0) is 19.4. The van der Waals surface area contributed by atoms with Gasteiger partial charge in [0, 0.05) is 12.1 Å². The van der Waals surface area contributed by atoms with Crippen molar-refractivity contribution < 1.29 is 19.2 Å². The smallest absolute Gasteiger partial charge is 0.325 e. The number of aromatic nitrogens is 1. The van der Waals surface area contributed by atoms with Gasteiger partial charge < -0.3 is 9.30 Å². The van der Waals surface area contributed by atoms with Gasteiger partial charge in [-0.25, -0.2) is 0 Å². The number of amides is 1. The molecule has 3 aromatic rings. The lowest BCUT2D eigenvalue weighted by Crippen LogP contribution is -2.22. The molecule has 9 heteroatoms. The number of fused-ring (bicyclic) bond motifs is 1. The number of nitro groups is 1. The second kappa shape index (κ2) is 7.92. The molecule has 27 heavy (non-hydrogen) atoms. The third-order valence-electron chi connectivity index (χ3n) is 3.83. The van der Waals surface area contributed by atoms with Crippen molar-refractivity contribution in [3.05, 3.63) is 69.0 Å². The van der Waals surface area contributed by atoms with Crippen molar-refractivity contribution in [3.8, 4) is 0 Å². The molecule has 0 saturated carbocycles. The Balaban J connectivity index is 1.92. The van der Waals surface area contributed by atoms with E-state index >= 15 is 0 Å². The van der Waals surface area contributed by atoms with Crippen LogP contribution in [0.1, 0.15) is 5.56 Å². The molecule has 1 aromatic heterocycles.